The van der Waals surface area contributed by atoms with Gasteiger partial charge in [0, 0.05) is 32.9 Å². The molecule has 0 atom stereocenters. The standard InChI is InChI=1S/C48H28N4/c1-50-38-26-37(28-40(29-38)52-47-16-8-4-12-43(47)44-13-5-9-17-48(44)52)35-21-19-32-24-34(20-18-33(32)25-35)36-22-31(30-49)23-39(27-36)51-45-14-6-2-10-41(45)42-11-3-7-15-46(42)51/h2-29H. The van der Waals surface area contributed by atoms with Crippen molar-refractivity contribution in [3.8, 4) is 39.7 Å². The van der Waals surface area contributed by atoms with Gasteiger partial charge in [0.1, 0.15) is 0 Å². The number of hydrogen-bond acceptors (Lipinski definition) is 1. The maximum absolute atomic E-state index is 10.1. The Labute approximate surface area is 300 Å². The molecule has 8 aromatic carbocycles. The van der Waals surface area contributed by atoms with Gasteiger partial charge >= 0.3 is 0 Å². The zero-order valence-electron chi connectivity index (χ0n) is 28.0. The molecule has 0 saturated carbocycles. The average Bonchev–Trinajstić information content (AvgIpc) is 3.73. The van der Waals surface area contributed by atoms with E-state index in [0.29, 0.717) is 11.3 Å². The number of para-hydroxylation sites is 4. The van der Waals surface area contributed by atoms with Gasteiger partial charge in [0.25, 0.3) is 0 Å². The largest absolute Gasteiger partial charge is 0.310 e. The second-order valence-corrected chi connectivity index (χ2v) is 13.2. The molecule has 2 heterocycles. The van der Waals surface area contributed by atoms with Crippen molar-refractivity contribution in [2.24, 2.45) is 0 Å². The summed E-state index contributed by atoms with van der Waals surface area (Å²) in [5.41, 5.74) is 11.7. The topological polar surface area (TPSA) is 38.0 Å². The van der Waals surface area contributed by atoms with Gasteiger partial charge in [-0.3, -0.25) is 0 Å². The summed E-state index contributed by atoms with van der Waals surface area (Å²) in [6.07, 6.45) is 0. The first kappa shape index (κ1) is 29.5. The van der Waals surface area contributed by atoms with E-state index in [0.717, 1.165) is 66.5 Å². The Morgan fingerprint density at radius 2 is 0.846 bits per heavy atom. The molecule has 0 spiro atoms. The first-order chi connectivity index (χ1) is 25.7. The van der Waals surface area contributed by atoms with Crippen LogP contribution in [0.2, 0.25) is 0 Å². The van der Waals surface area contributed by atoms with Gasteiger partial charge in [0.2, 0.25) is 0 Å². The van der Waals surface area contributed by atoms with Gasteiger partial charge in [0.15, 0.2) is 5.69 Å². The molecule has 0 radical (unpaired) electrons. The maximum Gasteiger partial charge on any atom is 0.189 e. The van der Waals surface area contributed by atoms with Gasteiger partial charge in [-0.25, -0.2) is 4.85 Å². The van der Waals surface area contributed by atoms with Crippen LogP contribution in [0.3, 0.4) is 0 Å². The maximum atomic E-state index is 10.1. The normalized spacial score (nSPS) is 11.4. The van der Waals surface area contributed by atoms with E-state index in [4.69, 9.17) is 6.57 Å². The van der Waals surface area contributed by atoms with Gasteiger partial charge < -0.3 is 9.13 Å². The van der Waals surface area contributed by atoms with Crippen LogP contribution in [0.5, 0.6) is 0 Å². The van der Waals surface area contributed by atoms with E-state index in [1.54, 1.807) is 0 Å². The van der Waals surface area contributed by atoms with Crippen molar-refractivity contribution in [2.45, 2.75) is 0 Å². The number of hydrogen-bond donors (Lipinski definition) is 0. The number of fused-ring (bicyclic) bond motifs is 7. The molecule has 0 N–H and O–H groups in total. The summed E-state index contributed by atoms with van der Waals surface area (Å²) in [5, 5.41) is 17.1. The van der Waals surface area contributed by atoms with Crippen LogP contribution in [-0.4, -0.2) is 9.13 Å². The summed E-state index contributed by atoms with van der Waals surface area (Å²) in [6.45, 7) is 7.95. The molecule has 240 valence electrons. The summed E-state index contributed by atoms with van der Waals surface area (Å²) in [6, 6.07) is 61.4. The molecule has 0 aliphatic heterocycles. The highest BCUT2D eigenvalue weighted by Crippen LogP contribution is 2.38. The average molecular weight is 661 g/mol. The number of aromatic nitrogens is 2. The summed E-state index contributed by atoms with van der Waals surface area (Å²) in [4.78, 5) is 3.88. The highest BCUT2D eigenvalue weighted by atomic mass is 15.0. The minimum atomic E-state index is 0.598. The third-order valence-corrected chi connectivity index (χ3v) is 10.3. The van der Waals surface area contributed by atoms with Crippen molar-refractivity contribution in [3.63, 3.8) is 0 Å². The molecule has 0 aliphatic carbocycles. The lowest BCUT2D eigenvalue weighted by atomic mass is 9.96. The molecule has 10 aromatic rings. The molecule has 0 saturated heterocycles. The van der Waals surface area contributed by atoms with Crippen LogP contribution < -0.4 is 0 Å². The first-order valence-corrected chi connectivity index (χ1v) is 17.3. The SMILES string of the molecule is [C-]#[N+]c1cc(-c2ccc3cc(-c4cc(C#N)cc(-n5c6ccccc6c6ccccc65)c4)ccc3c2)cc(-n2c3ccccc3c3ccccc32)c1. The fourth-order valence-electron chi connectivity index (χ4n) is 7.93. The number of rotatable bonds is 4. The van der Waals surface area contributed by atoms with E-state index in [9.17, 15) is 5.26 Å². The minimum Gasteiger partial charge on any atom is -0.310 e. The van der Waals surface area contributed by atoms with E-state index >= 15 is 0 Å². The highest BCUT2D eigenvalue weighted by molar-refractivity contribution is 6.10. The molecule has 0 bridgehead atoms. The fourth-order valence-corrected chi connectivity index (χ4v) is 7.93. The molecular weight excluding hydrogens is 633 g/mol. The molecule has 0 fully saturated rings. The van der Waals surface area contributed by atoms with Crippen LogP contribution in [-0.2, 0) is 0 Å². The second kappa shape index (κ2) is 11.6. The monoisotopic (exact) mass is 660 g/mol. The Bertz CT molecular complexity index is 2840. The first-order valence-electron chi connectivity index (χ1n) is 17.3. The summed E-state index contributed by atoms with van der Waals surface area (Å²) in [7, 11) is 0. The lowest BCUT2D eigenvalue weighted by molar-refractivity contribution is 1.18. The van der Waals surface area contributed by atoms with E-state index < -0.39 is 0 Å². The van der Waals surface area contributed by atoms with E-state index in [1.807, 2.05) is 24.3 Å². The summed E-state index contributed by atoms with van der Waals surface area (Å²) >= 11 is 0. The molecule has 2 aromatic heterocycles. The molecule has 4 nitrogen and oxygen atoms in total. The van der Waals surface area contributed by atoms with Crippen LogP contribution in [0, 0.1) is 17.9 Å². The molecule has 0 unspecified atom stereocenters. The lowest BCUT2D eigenvalue weighted by Crippen LogP contribution is -1.96. The Morgan fingerprint density at radius 3 is 1.29 bits per heavy atom. The summed E-state index contributed by atoms with van der Waals surface area (Å²) < 4.78 is 4.52. The Kier molecular flexibility index (Phi) is 6.58. The van der Waals surface area contributed by atoms with Crippen molar-refractivity contribution in [3.05, 3.63) is 187 Å². The zero-order valence-corrected chi connectivity index (χ0v) is 28.0. The van der Waals surface area contributed by atoms with E-state index in [-0.39, 0.29) is 0 Å². The smallest absolute Gasteiger partial charge is 0.189 e. The predicted molar refractivity (Wildman–Crippen MR) is 214 cm³/mol. The molecule has 4 heteroatoms. The number of nitrogens with zero attached hydrogens (tertiary/aromatic N) is 4. The quantitative estimate of drug-likeness (QED) is 0.173. The molecule has 52 heavy (non-hydrogen) atoms. The third-order valence-electron chi connectivity index (χ3n) is 10.3. The van der Waals surface area contributed by atoms with E-state index in [2.05, 4.69) is 166 Å². The Hall–Kier alpha value is -7.40. The molecule has 0 aliphatic rings. The van der Waals surface area contributed by atoms with Gasteiger partial charge in [0.05, 0.1) is 40.3 Å². The lowest BCUT2D eigenvalue weighted by Gasteiger charge is -2.13. The predicted octanol–water partition coefficient (Wildman–Crippen LogP) is 12.8. The molecule has 10 rings (SSSR count). The van der Waals surface area contributed by atoms with Gasteiger partial charge in [-0.2, -0.15) is 5.26 Å². The van der Waals surface area contributed by atoms with Gasteiger partial charge in [-0.1, -0.05) is 97.1 Å². The second-order valence-electron chi connectivity index (χ2n) is 13.2. The Balaban J connectivity index is 1.08. The van der Waals surface area contributed by atoms with E-state index in [1.165, 1.54) is 21.5 Å². The fraction of sp³-hybridized carbons (Fsp3) is 0. The number of benzene rings is 8. The molecule has 0 amide bonds. The van der Waals surface area contributed by atoms with Crippen LogP contribution in [0.15, 0.2) is 170 Å². The van der Waals surface area contributed by atoms with Crippen LogP contribution in [0.1, 0.15) is 5.56 Å². The minimum absolute atomic E-state index is 0.598. The third kappa shape index (κ3) is 4.60. The van der Waals surface area contributed by atoms with Crippen LogP contribution >= 0.6 is 0 Å². The molecular formula is C48H28N4. The van der Waals surface area contributed by atoms with Gasteiger partial charge in [-0.15, -0.1) is 0 Å². The Morgan fingerprint density at radius 1 is 0.423 bits per heavy atom. The zero-order chi connectivity index (χ0) is 34.8. The van der Waals surface area contributed by atoms with Crippen molar-refractivity contribution in [2.75, 3.05) is 0 Å². The van der Waals surface area contributed by atoms with Crippen LogP contribution in [0.4, 0.5) is 5.69 Å². The van der Waals surface area contributed by atoms with Crippen molar-refractivity contribution in [1.29, 1.82) is 5.26 Å². The van der Waals surface area contributed by atoms with Gasteiger partial charge in [-0.05, 0) is 106 Å². The summed E-state index contributed by atoms with van der Waals surface area (Å²) in [5.74, 6) is 0. The van der Waals surface area contributed by atoms with Crippen molar-refractivity contribution >= 4 is 60.1 Å². The van der Waals surface area contributed by atoms with Crippen molar-refractivity contribution in [1.82, 2.24) is 9.13 Å². The van der Waals surface area contributed by atoms with Crippen molar-refractivity contribution < 1.29 is 0 Å². The van der Waals surface area contributed by atoms with Crippen LogP contribution in [0.25, 0.3) is 92.9 Å². The number of nitriles is 1. The highest BCUT2D eigenvalue weighted by Gasteiger charge is 2.16.